The second kappa shape index (κ2) is 5.28. The third-order valence-corrected chi connectivity index (χ3v) is 3.87. The van der Waals surface area contributed by atoms with E-state index in [1.165, 1.54) is 12.3 Å². The summed E-state index contributed by atoms with van der Waals surface area (Å²) in [5, 5.41) is 0. The van der Waals surface area contributed by atoms with E-state index in [1.54, 1.807) is 18.7 Å². The molecule has 3 aromatic heterocycles. The van der Waals surface area contributed by atoms with E-state index in [4.69, 9.17) is 0 Å². The predicted molar refractivity (Wildman–Crippen MR) is 86.8 cm³/mol. The molecule has 0 aliphatic rings. The van der Waals surface area contributed by atoms with Crippen molar-refractivity contribution in [3.05, 3.63) is 72.8 Å². The number of rotatable bonds is 2. The molecule has 0 amide bonds. The number of pyridine rings is 2. The molecule has 3 heterocycles. The number of nitrogens with zero attached hydrogens (tertiary/aromatic N) is 4. The van der Waals surface area contributed by atoms with Gasteiger partial charge in [0.2, 0.25) is 0 Å². The van der Waals surface area contributed by atoms with Crippen LogP contribution in [0.15, 0.2) is 61.4 Å². The van der Waals surface area contributed by atoms with Crippen LogP contribution >= 0.6 is 0 Å². The number of hydrogen-bond donors (Lipinski definition) is 0. The minimum Gasteiger partial charge on any atom is -0.297 e. The van der Waals surface area contributed by atoms with Crippen LogP contribution in [-0.2, 0) is 0 Å². The number of aromatic nitrogens is 4. The van der Waals surface area contributed by atoms with Gasteiger partial charge in [0.05, 0.1) is 29.1 Å². The first-order valence-corrected chi connectivity index (χ1v) is 7.22. The first-order valence-electron chi connectivity index (χ1n) is 7.22. The number of benzene rings is 1. The molecule has 4 rings (SSSR count). The molecule has 0 saturated carbocycles. The molecule has 0 radical (unpaired) electrons. The third-order valence-electron chi connectivity index (χ3n) is 3.87. The van der Waals surface area contributed by atoms with Crippen molar-refractivity contribution >= 4 is 11.0 Å². The van der Waals surface area contributed by atoms with E-state index in [9.17, 15) is 4.39 Å². The van der Waals surface area contributed by atoms with Gasteiger partial charge in [0.1, 0.15) is 12.1 Å². The molecule has 0 aliphatic carbocycles. The highest BCUT2D eigenvalue weighted by molar-refractivity contribution is 5.93. The molecule has 0 bridgehead atoms. The van der Waals surface area contributed by atoms with Gasteiger partial charge in [-0.05, 0) is 24.6 Å². The van der Waals surface area contributed by atoms with Crippen molar-refractivity contribution in [2.75, 3.05) is 0 Å². The van der Waals surface area contributed by atoms with Crippen molar-refractivity contribution in [1.82, 2.24) is 19.5 Å². The molecule has 4 nitrogen and oxygen atoms in total. The van der Waals surface area contributed by atoms with Crippen molar-refractivity contribution < 1.29 is 4.39 Å². The minimum atomic E-state index is -0.372. The Labute approximate surface area is 132 Å². The standard InChI is InChI=1S/C18H13FN4/c1-12-5-6-20-10-16(12)15-3-2-4-17-18(15)22-11-23(17)14-7-13(19)8-21-9-14/h2-11H,1H3. The van der Waals surface area contributed by atoms with E-state index < -0.39 is 0 Å². The zero-order valence-electron chi connectivity index (χ0n) is 12.4. The second-order valence-electron chi connectivity index (χ2n) is 5.34. The number of halogens is 1. The average Bonchev–Trinajstić information content (AvgIpc) is 2.99. The van der Waals surface area contributed by atoms with Crippen LogP contribution in [-0.4, -0.2) is 19.5 Å². The van der Waals surface area contributed by atoms with Gasteiger partial charge in [-0.2, -0.15) is 0 Å². The van der Waals surface area contributed by atoms with Gasteiger partial charge in [0.15, 0.2) is 0 Å². The zero-order chi connectivity index (χ0) is 15.8. The Morgan fingerprint density at radius 3 is 2.74 bits per heavy atom. The Morgan fingerprint density at radius 1 is 1.00 bits per heavy atom. The van der Waals surface area contributed by atoms with Gasteiger partial charge in [0.25, 0.3) is 0 Å². The lowest BCUT2D eigenvalue weighted by Gasteiger charge is -2.07. The largest absolute Gasteiger partial charge is 0.297 e. The topological polar surface area (TPSA) is 43.6 Å². The molecule has 0 saturated heterocycles. The first-order chi connectivity index (χ1) is 11.2. The van der Waals surface area contributed by atoms with Crippen molar-refractivity contribution in [3.8, 4) is 16.8 Å². The second-order valence-corrected chi connectivity index (χ2v) is 5.34. The van der Waals surface area contributed by atoms with Crippen LogP contribution in [0.2, 0.25) is 0 Å². The Hall–Kier alpha value is -3.08. The van der Waals surface area contributed by atoms with Crippen molar-refractivity contribution in [1.29, 1.82) is 0 Å². The van der Waals surface area contributed by atoms with Crippen LogP contribution in [0.3, 0.4) is 0 Å². The van der Waals surface area contributed by atoms with Crippen LogP contribution in [0.4, 0.5) is 4.39 Å². The molecule has 112 valence electrons. The molecule has 0 atom stereocenters. The quantitative estimate of drug-likeness (QED) is 0.563. The molecule has 0 aliphatic heterocycles. The molecule has 0 N–H and O–H groups in total. The summed E-state index contributed by atoms with van der Waals surface area (Å²) in [5.41, 5.74) is 5.59. The van der Waals surface area contributed by atoms with E-state index in [-0.39, 0.29) is 5.82 Å². The van der Waals surface area contributed by atoms with Gasteiger partial charge >= 0.3 is 0 Å². The normalized spacial score (nSPS) is 11.0. The van der Waals surface area contributed by atoms with Gasteiger partial charge in [0, 0.05) is 29.6 Å². The van der Waals surface area contributed by atoms with E-state index in [0.29, 0.717) is 5.69 Å². The van der Waals surface area contributed by atoms with Crippen LogP contribution in [0, 0.1) is 12.7 Å². The van der Waals surface area contributed by atoms with Crippen LogP contribution in [0.5, 0.6) is 0 Å². The average molecular weight is 304 g/mol. The fraction of sp³-hybridized carbons (Fsp3) is 0.0556. The van der Waals surface area contributed by atoms with Gasteiger partial charge in [-0.15, -0.1) is 0 Å². The summed E-state index contributed by atoms with van der Waals surface area (Å²) in [4.78, 5) is 12.6. The maximum atomic E-state index is 13.5. The van der Waals surface area contributed by atoms with Crippen LogP contribution in [0.25, 0.3) is 27.8 Å². The molecule has 0 spiro atoms. The molecular weight excluding hydrogens is 291 g/mol. The van der Waals surface area contributed by atoms with E-state index >= 15 is 0 Å². The Morgan fingerprint density at radius 2 is 1.91 bits per heavy atom. The van der Waals surface area contributed by atoms with Gasteiger partial charge in [-0.3, -0.25) is 14.5 Å². The highest BCUT2D eigenvalue weighted by Crippen LogP contribution is 2.30. The summed E-state index contributed by atoms with van der Waals surface area (Å²) in [6, 6.07) is 9.36. The summed E-state index contributed by atoms with van der Waals surface area (Å²) in [7, 11) is 0. The first kappa shape index (κ1) is 13.6. The monoisotopic (exact) mass is 304 g/mol. The number of imidazole rings is 1. The van der Waals surface area contributed by atoms with Gasteiger partial charge < -0.3 is 0 Å². The SMILES string of the molecule is Cc1ccncc1-c1cccc2c1ncn2-c1cncc(F)c1. The van der Waals surface area contributed by atoms with Gasteiger partial charge in [-0.1, -0.05) is 12.1 Å². The fourth-order valence-corrected chi connectivity index (χ4v) is 2.74. The van der Waals surface area contributed by atoms with Crippen molar-refractivity contribution in [3.63, 3.8) is 0 Å². The van der Waals surface area contributed by atoms with Crippen LogP contribution < -0.4 is 0 Å². The summed E-state index contributed by atoms with van der Waals surface area (Å²) in [6.45, 7) is 2.04. The Kier molecular flexibility index (Phi) is 3.12. The van der Waals surface area contributed by atoms with E-state index in [2.05, 4.69) is 15.0 Å². The van der Waals surface area contributed by atoms with E-state index in [1.807, 2.05) is 42.0 Å². The number of fused-ring (bicyclic) bond motifs is 1. The van der Waals surface area contributed by atoms with Crippen molar-refractivity contribution in [2.24, 2.45) is 0 Å². The molecule has 4 aromatic rings. The predicted octanol–water partition coefficient (Wildman–Crippen LogP) is 3.93. The molecule has 23 heavy (non-hydrogen) atoms. The molecule has 0 unspecified atom stereocenters. The zero-order valence-corrected chi connectivity index (χ0v) is 12.4. The van der Waals surface area contributed by atoms with E-state index in [0.717, 1.165) is 27.7 Å². The van der Waals surface area contributed by atoms with Crippen LogP contribution in [0.1, 0.15) is 5.56 Å². The molecule has 0 fully saturated rings. The highest BCUT2D eigenvalue weighted by Gasteiger charge is 2.12. The minimum absolute atomic E-state index is 0.372. The molecular formula is C18H13FN4. The third kappa shape index (κ3) is 2.26. The highest BCUT2D eigenvalue weighted by atomic mass is 19.1. The number of hydrogen-bond acceptors (Lipinski definition) is 3. The maximum absolute atomic E-state index is 13.5. The lowest BCUT2D eigenvalue weighted by molar-refractivity contribution is 0.620. The Bertz CT molecular complexity index is 1010. The summed E-state index contributed by atoms with van der Waals surface area (Å²) < 4.78 is 15.3. The molecule has 5 heteroatoms. The lowest BCUT2D eigenvalue weighted by atomic mass is 10.0. The summed E-state index contributed by atoms with van der Waals surface area (Å²) in [5.74, 6) is -0.372. The number of para-hydroxylation sites is 1. The lowest BCUT2D eigenvalue weighted by Crippen LogP contribution is -1.94. The smallest absolute Gasteiger partial charge is 0.143 e. The summed E-state index contributed by atoms with van der Waals surface area (Å²) >= 11 is 0. The maximum Gasteiger partial charge on any atom is 0.143 e. The fourth-order valence-electron chi connectivity index (χ4n) is 2.74. The Balaban J connectivity index is 1.96. The number of aryl methyl sites for hydroxylation is 1. The van der Waals surface area contributed by atoms with Crippen molar-refractivity contribution in [2.45, 2.75) is 6.92 Å². The summed E-state index contributed by atoms with van der Waals surface area (Å²) in [6.07, 6.45) is 8.11. The van der Waals surface area contributed by atoms with Gasteiger partial charge in [-0.25, -0.2) is 9.37 Å². The molecule has 1 aromatic carbocycles.